The van der Waals surface area contributed by atoms with Gasteiger partial charge in [-0.3, -0.25) is 4.98 Å². The van der Waals surface area contributed by atoms with Crippen LogP contribution < -0.4 is 5.32 Å². The lowest BCUT2D eigenvalue weighted by atomic mass is 10.3. The number of rotatable bonds is 4. The van der Waals surface area contributed by atoms with Crippen LogP contribution in [0.15, 0.2) is 35.1 Å². The fraction of sp³-hybridized carbons (Fsp3) is 0.222. The molecule has 0 aromatic carbocycles. The molecule has 1 N–H and O–H groups in total. The normalized spacial score (nSPS) is 11.7. The Hall–Kier alpha value is -0.570. The number of pyridine rings is 1. The topological polar surface area (TPSA) is 24.9 Å². The molecule has 0 aliphatic carbocycles. The van der Waals surface area contributed by atoms with E-state index in [1.54, 1.807) is 12.4 Å². The van der Waals surface area contributed by atoms with Gasteiger partial charge < -0.3 is 5.32 Å². The van der Waals surface area contributed by atoms with Crippen LogP contribution in [0.4, 0.5) is 0 Å². The number of nitrogens with one attached hydrogen (secondary N) is 1. The molecule has 70 valence electrons. The highest BCUT2D eigenvalue weighted by Gasteiger charge is 1.92. The first-order chi connectivity index (χ1) is 6.33. The maximum atomic E-state index is 5.69. The molecule has 0 radical (unpaired) electrons. The third-order valence-corrected chi connectivity index (χ3v) is 2.11. The molecule has 0 amide bonds. The lowest BCUT2D eigenvalue weighted by Gasteiger charge is -2.02. The molecule has 1 rings (SSSR count). The Kier molecular flexibility index (Phi) is 4.83. The van der Waals surface area contributed by atoms with Crippen LogP contribution in [0.1, 0.15) is 5.56 Å². The van der Waals surface area contributed by atoms with E-state index in [1.165, 1.54) is 11.1 Å². The van der Waals surface area contributed by atoms with Gasteiger partial charge in [-0.15, -0.1) is 0 Å². The molecule has 13 heavy (non-hydrogen) atoms. The van der Waals surface area contributed by atoms with Crippen LogP contribution in [0.2, 0.25) is 0 Å². The summed E-state index contributed by atoms with van der Waals surface area (Å²) >= 11 is 11.1. The molecule has 0 atom stereocenters. The van der Waals surface area contributed by atoms with Crippen LogP contribution in [-0.2, 0) is 6.54 Å². The predicted octanol–water partition coefficient (Wildman–Crippen LogP) is 2.49. The molecule has 1 heterocycles. The van der Waals surface area contributed by atoms with Crippen molar-refractivity contribution in [1.29, 1.82) is 0 Å². The summed E-state index contributed by atoms with van der Waals surface area (Å²) in [6.45, 7) is 1.36. The first-order valence-electron chi connectivity index (χ1n) is 3.87. The summed E-state index contributed by atoms with van der Waals surface area (Å²) in [5, 5.41) is 3.75. The third kappa shape index (κ3) is 4.27. The quantitative estimate of drug-likeness (QED) is 0.837. The van der Waals surface area contributed by atoms with Crippen LogP contribution in [0, 0.1) is 0 Å². The lowest BCUT2D eigenvalue weighted by Crippen LogP contribution is -2.14. The van der Waals surface area contributed by atoms with E-state index in [4.69, 9.17) is 23.2 Å². The number of hydrogen-bond donors (Lipinski definition) is 1. The van der Waals surface area contributed by atoms with Crippen molar-refractivity contribution in [3.05, 3.63) is 40.7 Å². The molecule has 0 saturated carbocycles. The van der Waals surface area contributed by atoms with E-state index in [0.29, 0.717) is 11.6 Å². The summed E-state index contributed by atoms with van der Waals surface area (Å²) in [5.74, 6) is 0. The molecule has 0 fully saturated rings. The Bertz CT molecular complexity index is 272. The molecule has 1 aromatic heterocycles. The van der Waals surface area contributed by atoms with Gasteiger partial charge in [-0.25, -0.2) is 0 Å². The summed E-state index contributed by atoms with van der Waals surface area (Å²) < 4.78 is 0. The van der Waals surface area contributed by atoms with E-state index in [1.807, 2.05) is 12.1 Å². The van der Waals surface area contributed by atoms with Crippen molar-refractivity contribution < 1.29 is 0 Å². The van der Waals surface area contributed by atoms with E-state index in [0.717, 1.165) is 6.54 Å². The molecular formula is C9H10Cl2N2. The molecule has 0 saturated heterocycles. The monoisotopic (exact) mass is 216 g/mol. The highest BCUT2D eigenvalue weighted by atomic mass is 35.5. The Morgan fingerprint density at radius 2 is 2.15 bits per heavy atom. The van der Waals surface area contributed by atoms with Gasteiger partial charge in [0, 0.05) is 36.1 Å². The van der Waals surface area contributed by atoms with Crippen molar-refractivity contribution in [2.75, 3.05) is 6.54 Å². The predicted molar refractivity (Wildman–Crippen MR) is 55.7 cm³/mol. The first-order valence-corrected chi connectivity index (χ1v) is 4.68. The minimum atomic E-state index is 0.591. The molecule has 0 spiro atoms. The van der Waals surface area contributed by atoms with Gasteiger partial charge in [0.1, 0.15) is 0 Å². The van der Waals surface area contributed by atoms with Gasteiger partial charge in [0.15, 0.2) is 0 Å². The van der Waals surface area contributed by atoms with Gasteiger partial charge in [0.05, 0.1) is 0 Å². The molecule has 0 bridgehead atoms. The van der Waals surface area contributed by atoms with Gasteiger partial charge >= 0.3 is 0 Å². The van der Waals surface area contributed by atoms with Gasteiger partial charge in [-0.2, -0.15) is 0 Å². The van der Waals surface area contributed by atoms with E-state index in [2.05, 4.69) is 10.3 Å². The summed E-state index contributed by atoms with van der Waals surface area (Å²) in [5.41, 5.74) is 2.54. The van der Waals surface area contributed by atoms with E-state index >= 15 is 0 Å². The molecule has 0 unspecified atom stereocenters. The second-order valence-corrected chi connectivity index (χ2v) is 3.22. The number of halogens is 2. The number of hydrogen-bond acceptors (Lipinski definition) is 2. The Morgan fingerprint density at radius 3 is 2.77 bits per heavy atom. The molecule has 1 aromatic rings. The number of nitrogens with zero attached hydrogens (tertiary/aromatic N) is 1. The van der Waals surface area contributed by atoms with Crippen molar-refractivity contribution in [2.24, 2.45) is 0 Å². The lowest BCUT2D eigenvalue weighted by molar-refractivity contribution is 0.753. The maximum Gasteiger partial charge on any atom is 0.0432 e. The van der Waals surface area contributed by atoms with Gasteiger partial charge in [0.25, 0.3) is 0 Å². The smallest absolute Gasteiger partial charge is 0.0432 e. The SMILES string of the molecule is ClC=C(Cl)CNCc1ccncc1. The Labute approximate surface area is 87.6 Å². The van der Waals surface area contributed by atoms with Crippen LogP contribution >= 0.6 is 23.2 Å². The van der Waals surface area contributed by atoms with Crippen molar-refractivity contribution in [2.45, 2.75) is 6.54 Å². The van der Waals surface area contributed by atoms with Crippen LogP contribution in [0.3, 0.4) is 0 Å². The van der Waals surface area contributed by atoms with E-state index in [-0.39, 0.29) is 0 Å². The van der Waals surface area contributed by atoms with Crippen LogP contribution in [0.5, 0.6) is 0 Å². The zero-order valence-electron chi connectivity index (χ0n) is 7.00. The summed E-state index contributed by atoms with van der Waals surface area (Å²) in [6.07, 6.45) is 3.52. The Morgan fingerprint density at radius 1 is 1.46 bits per heavy atom. The molecule has 0 aliphatic rings. The second kappa shape index (κ2) is 5.97. The number of aromatic nitrogens is 1. The minimum Gasteiger partial charge on any atom is -0.308 e. The average molecular weight is 217 g/mol. The Balaban J connectivity index is 2.28. The summed E-state index contributed by atoms with van der Waals surface area (Å²) in [7, 11) is 0. The largest absolute Gasteiger partial charge is 0.308 e. The second-order valence-electron chi connectivity index (χ2n) is 2.51. The third-order valence-electron chi connectivity index (χ3n) is 1.49. The molecule has 0 aliphatic heterocycles. The van der Waals surface area contributed by atoms with Crippen molar-refractivity contribution in [3.63, 3.8) is 0 Å². The van der Waals surface area contributed by atoms with Crippen molar-refractivity contribution >= 4 is 23.2 Å². The standard InChI is InChI=1S/C9H10Cl2N2/c10-5-9(11)7-13-6-8-1-3-12-4-2-8/h1-5,13H,6-7H2. The fourth-order valence-corrected chi connectivity index (χ4v) is 1.04. The average Bonchev–Trinajstić information content (AvgIpc) is 2.19. The van der Waals surface area contributed by atoms with Gasteiger partial charge in [-0.05, 0) is 17.7 Å². The summed E-state index contributed by atoms with van der Waals surface area (Å²) in [4.78, 5) is 3.92. The fourth-order valence-electron chi connectivity index (χ4n) is 0.865. The molecule has 4 heteroatoms. The van der Waals surface area contributed by atoms with Gasteiger partial charge in [-0.1, -0.05) is 23.2 Å². The highest BCUT2D eigenvalue weighted by molar-refractivity contribution is 6.36. The highest BCUT2D eigenvalue weighted by Crippen LogP contribution is 2.01. The van der Waals surface area contributed by atoms with Gasteiger partial charge in [0.2, 0.25) is 0 Å². The van der Waals surface area contributed by atoms with Crippen LogP contribution in [-0.4, -0.2) is 11.5 Å². The van der Waals surface area contributed by atoms with E-state index in [9.17, 15) is 0 Å². The zero-order chi connectivity index (χ0) is 9.52. The summed E-state index contributed by atoms with van der Waals surface area (Å²) in [6, 6.07) is 3.90. The maximum absolute atomic E-state index is 5.69. The van der Waals surface area contributed by atoms with Crippen molar-refractivity contribution in [3.8, 4) is 0 Å². The van der Waals surface area contributed by atoms with E-state index < -0.39 is 0 Å². The first kappa shape index (κ1) is 10.5. The minimum absolute atomic E-state index is 0.591. The van der Waals surface area contributed by atoms with Crippen molar-refractivity contribution in [1.82, 2.24) is 10.3 Å². The zero-order valence-corrected chi connectivity index (χ0v) is 8.52. The van der Waals surface area contributed by atoms with Crippen LogP contribution in [0.25, 0.3) is 0 Å². The molecular weight excluding hydrogens is 207 g/mol. The molecule has 2 nitrogen and oxygen atoms in total.